The van der Waals surface area contributed by atoms with Gasteiger partial charge in [0.2, 0.25) is 5.91 Å². The Bertz CT molecular complexity index is 635. The SMILES string of the molecule is C[C@@H](OCc1ccccc1)C(=O)NCC1(c2ccccc2)CC1. The Hall–Kier alpha value is -2.13. The van der Waals surface area contributed by atoms with Gasteiger partial charge in [-0.3, -0.25) is 4.79 Å². The molecule has 1 atom stereocenters. The van der Waals surface area contributed by atoms with Crippen LogP contribution >= 0.6 is 0 Å². The van der Waals surface area contributed by atoms with Gasteiger partial charge >= 0.3 is 0 Å². The smallest absolute Gasteiger partial charge is 0.248 e. The van der Waals surface area contributed by atoms with Crippen molar-refractivity contribution in [3.8, 4) is 0 Å². The van der Waals surface area contributed by atoms with Crippen molar-refractivity contribution in [3.05, 3.63) is 71.8 Å². The Balaban J connectivity index is 1.48. The molecule has 2 aromatic rings. The number of benzene rings is 2. The number of ether oxygens (including phenoxy) is 1. The molecule has 1 aliphatic carbocycles. The van der Waals surface area contributed by atoms with E-state index in [0.29, 0.717) is 13.2 Å². The fraction of sp³-hybridized carbons (Fsp3) is 0.350. The number of hydrogen-bond acceptors (Lipinski definition) is 2. The summed E-state index contributed by atoms with van der Waals surface area (Å²) in [6.45, 7) is 2.95. The second kappa shape index (κ2) is 6.97. The third-order valence-corrected chi connectivity index (χ3v) is 4.55. The minimum Gasteiger partial charge on any atom is -0.364 e. The molecule has 120 valence electrons. The lowest BCUT2D eigenvalue weighted by Gasteiger charge is -2.19. The van der Waals surface area contributed by atoms with Crippen LogP contribution in [0.3, 0.4) is 0 Å². The maximum Gasteiger partial charge on any atom is 0.248 e. The first kappa shape index (κ1) is 15.8. The summed E-state index contributed by atoms with van der Waals surface area (Å²) < 4.78 is 5.67. The lowest BCUT2D eigenvalue weighted by Crippen LogP contribution is -2.39. The van der Waals surface area contributed by atoms with Crippen molar-refractivity contribution in [1.29, 1.82) is 0 Å². The Morgan fingerprint density at radius 1 is 1.09 bits per heavy atom. The van der Waals surface area contributed by atoms with Crippen LogP contribution in [-0.4, -0.2) is 18.6 Å². The number of nitrogens with one attached hydrogen (secondary N) is 1. The second-order valence-corrected chi connectivity index (χ2v) is 6.30. The molecular weight excluding hydrogens is 286 g/mol. The highest BCUT2D eigenvalue weighted by Gasteiger charge is 2.44. The summed E-state index contributed by atoms with van der Waals surface area (Å²) in [5.74, 6) is -0.0388. The molecule has 1 aliphatic rings. The average molecular weight is 309 g/mol. The zero-order valence-electron chi connectivity index (χ0n) is 13.5. The van der Waals surface area contributed by atoms with Gasteiger partial charge in [-0.05, 0) is 30.9 Å². The summed E-state index contributed by atoms with van der Waals surface area (Å²) in [5, 5.41) is 3.06. The first-order valence-electron chi connectivity index (χ1n) is 8.18. The topological polar surface area (TPSA) is 38.3 Å². The van der Waals surface area contributed by atoms with Crippen LogP contribution in [0.25, 0.3) is 0 Å². The Kier molecular flexibility index (Phi) is 4.77. The van der Waals surface area contributed by atoms with Gasteiger partial charge in [0, 0.05) is 12.0 Å². The number of amides is 1. The van der Waals surface area contributed by atoms with Crippen LogP contribution in [0.5, 0.6) is 0 Å². The van der Waals surface area contributed by atoms with Crippen molar-refractivity contribution in [2.45, 2.75) is 37.9 Å². The van der Waals surface area contributed by atoms with Crippen molar-refractivity contribution >= 4 is 5.91 Å². The predicted molar refractivity (Wildman–Crippen MR) is 91.1 cm³/mol. The number of rotatable bonds is 7. The molecule has 0 spiro atoms. The Morgan fingerprint density at radius 2 is 1.70 bits per heavy atom. The highest BCUT2D eigenvalue weighted by atomic mass is 16.5. The fourth-order valence-corrected chi connectivity index (χ4v) is 2.78. The van der Waals surface area contributed by atoms with Gasteiger partial charge in [-0.25, -0.2) is 0 Å². The van der Waals surface area contributed by atoms with E-state index >= 15 is 0 Å². The van der Waals surface area contributed by atoms with Crippen LogP contribution in [0, 0.1) is 0 Å². The average Bonchev–Trinajstić information content (AvgIpc) is 3.40. The molecule has 1 saturated carbocycles. The van der Waals surface area contributed by atoms with Crippen LogP contribution in [-0.2, 0) is 21.6 Å². The fourth-order valence-electron chi connectivity index (χ4n) is 2.78. The zero-order valence-corrected chi connectivity index (χ0v) is 13.5. The molecule has 3 heteroatoms. The monoisotopic (exact) mass is 309 g/mol. The molecule has 0 aliphatic heterocycles. The highest BCUT2D eigenvalue weighted by Crippen LogP contribution is 2.47. The molecule has 0 saturated heterocycles. The van der Waals surface area contributed by atoms with Crippen LogP contribution in [0.2, 0.25) is 0 Å². The lowest BCUT2D eigenvalue weighted by atomic mass is 9.96. The maximum atomic E-state index is 12.2. The van der Waals surface area contributed by atoms with Gasteiger partial charge in [0.15, 0.2) is 0 Å². The maximum absolute atomic E-state index is 12.2. The van der Waals surface area contributed by atoms with Crippen LogP contribution in [0.1, 0.15) is 30.9 Å². The summed E-state index contributed by atoms with van der Waals surface area (Å²) in [6, 6.07) is 20.4. The normalized spacial score (nSPS) is 16.6. The van der Waals surface area contributed by atoms with Crippen molar-refractivity contribution in [3.63, 3.8) is 0 Å². The molecule has 0 aromatic heterocycles. The summed E-state index contributed by atoms with van der Waals surface area (Å²) in [5.41, 5.74) is 2.53. The quantitative estimate of drug-likeness (QED) is 0.851. The van der Waals surface area contributed by atoms with Gasteiger partial charge in [0.1, 0.15) is 6.10 Å². The summed E-state index contributed by atoms with van der Waals surface area (Å²) in [7, 11) is 0. The van der Waals surface area contributed by atoms with Gasteiger partial charge in [-0.2, -0.15) is 0 Å². The van der Waals surface area contributed by atoms with Crippen molar-refractivity contribution in [2.24, 2.45) is 0 Å². The minimum atomic E-state index is -0.443. The van der Waals surface area contributed by atoms with Crippen molar-refractivity contribution in [1.82, 2.24) is 5.32 Å². The predicted octanol–water partition coefficient (Wildman–Crippen LogP) is 3.44. The molecule has 3 nitrogen and oxygen atoms in total. The molecule has 3 rings (SSSR count). The van der Waals surface area contributed by atoms with E-state index in [2.05, 4.69) is 29.6 Å². The second-order valence-electron chi connectivity index (χ2n) is 6.30. The summed E-state index contributed by atoms with van der Waals surface area (Å²) in [6.07, 6.45) is 1.83. The van der Waals surface area contributed by atoms with E-state index < -0.39 is 6.10 Å². The van der Waals surface area contributed by atoms with Gasteiger partial charge < -0.3 is 10.1 Å². The molecule has 0 unspecified atom stereocenters. The minimum absolute atomic E-state index is 0.0388. The largest absolute Gasteiger partial charge is 0.364 e. The van der Waals surface area contributed by atoms with Gasteiger partial charge in [0.05, 0.1) is 6.61 Å². The van der Waals surface area contributed by atoms with E-state index in [-0.39, 0.29) is 11.3 Å². The molecular formula is C20H23NO2. The third-order valence-electron chi connectivity index (χ3n) is 4.55. The lowest BCUT2D eigenvalue weighted by molar-refractivity contribution is -0.132. The Morgan fingerprint density at radius 3 is 2.30 bits per heavy atom. The van der Waals surface area contributed by atoms with Crippen LogP contribution in [0.4, 0.5) is 0 Å². The van der Waals surface area contributed by atoms with Crippen LogP contribution in [0.15, 0.2) is 60.7 Å². The number of hydrogen-bond donors (Lipinski definition) is 1. The van der Waals surface area contributed by atoms with Gasteiger partial charge in [0.25, 0.3) is 0 Å². The molecule has 23 heavy (non-hydrogen) atoms. The molecule has 1 fully saturated rings. The first-order chi connectivity index (χ1) is 11.2. The van der Waals surface area contributed by atoms with Gasteiger partial charge in [-0.1, -0.05) is 60.7 Å². The van der Waals surface area contributed by atoms with Crippen molar-refractivity contribution in [2.75, 3.05) is 6.54 Å². The summed E-state index contributed by atoms with van der Waals surface area (Å²) in [4.78, 5) is 12.2. The number of carbonyl (C=O) groups is 1. The number of carbonyl (C=O) groups excluding carboxylic acids is 1. The molecule has 0 bridgehead atoms. The summed E-state index contributed by atoms with van der Waals surface area (Å²) >= 11 is 0. The first-order valence-corrected chi connectivity index (χ1v) is 8.18. The van der Waals surface area contributed by atoms with Crippen molar-refractivity contribution < 1.29 is 9.53 Å². The molecule has 1 N–H and O–H groups in total. The van der Waals surface area contributed by atoms with E-state index in [1.54, 1.807) is 6.92 Å². The van der Waals surface area contributed by atoms with E-state index in [0.717, 1.165) is 18.4 Å². The zero-order chi connectivity index (χ0) is 16.1. The van der Waals surface area contributed by atoms with E-state index in [9.17, 15) is 4.79 Å². The van der Waals surface area contributed by atoms with Crippen LogP contribution < -0.4 is 5.32 Å². The standard InChI is InChI=1S/C20H23NO2/c1-16(23-14-17-8-4-2-5-9-17)19(22)21-15-20(12-13-20)18-10-6-3-7-11-18/h2-11,16H,12-15H2,1H3,(H,21,22)/t16-/m1/s1. The molecule has 0 heterocycles. The van der Waals surface area contributed by atoms with E-state index in [4.69, 9.17) is 4.74 Å². The third kappa shape index (κ3) is 3.99. The molecule has 2 aromatic carbocycles. The highest BCUT2D eigenvalue weighted by molar-refractivity contribution is 5.80. The molecule has 1 amide bonds. The molecule has 0 radical (unpaired) electrons. The Labute approximate surface area is 137 Å². The van der Waals surface area contributed by atoms with E-state index in [1.807, 2.05) is 36.4 Å². The van der Waals surface area contributed by atoms with Gasteiger partial charge in [-0.15, -0.1) is 0 Å². The van der Waals surface area contributed by atoms with E-state index in [1.165, 1.54) is 5.56 Å².